The highest BCUT2D eigenvalue weighted by Crippen LogP contribution is 2.33. The monoisotopic (exact) mass is 350 g/mol. The Balaban J connectivity index is 2.12. The lowest BCUT2D eigenvalue weighted by Crippen LogP contribution is -2.43. The number of alkyl halides is 3. The predicted molar refractivity (Wildman–Crippen MR) is 60.6 cm³/mol. The van der Waals surface area contributed by atoms with Gasteiger partial charge in [-0.05, 0) is 13.8 Å². The summed E-state index contributed by atoms with van der Waals surface area (Å²) in [6, 6.07) is 0. The molecule has 0 aromatic heterocycles. The van der Waals surface area contributed by atoms with Crippen molar-refractivity contribution in [1.82, 2.24) is 0 Å². The van der Waals surface area contributed by atoms with E-state index in [9.17, 15) is 31.5 Å². The van der Waals surface area contributed by atoms with Gasteiger partial charge in [0.25, 0.3) is 0 Å². The Labute approximate surface area is 123 Å². The summed E-state index contributed by atoms with van der Waals surface area (Å²) in [5.74, 6) is -2.47. The van der Waals surface area contributed by atoms with Gasteiger partial charge < -0.3 is 19.3 Å². The number of hydrogen-bond acceptors (Lipinski definition) is 8. The van der Waals surface area contributed by atoms with Crippen molar-refractivity contribution in [3.63, 3.8) is 0 Å². The van der Waals surface area contributed by atoms with E-state index in [0.717, 1.165) is 0 Å². The second kappa shape index (κ2) is 5.30. The third kappa shape index (κ3) is 3.20. The standard InChI is InChI=1S/C10H13F3O8S/c1-9(2)18-3-4(20-9)6-5(14)7(8(15)19-6)21-22(16,17)10(11,12)13/h4-7,14H,3H2,1-2H3/t4-,5-,6+,7-/m0/s1. The van der Waals surface area contributed by atoms with Crippen molar-refractivity contribution in [3.05, 3.63) is 0 Å². The molecule has 0 aliphatic carbocycles. The van der Waals surface area contributed by atoms with E-state index in [2.05, 4.69) is 8.92 Å². The fourth-order valence-corrected chi connectivity index (χ4v) is 2.62. The smallest absolute Gasteiger partial charge is 0.455 e. The maximum atomic E-state index is 12.2. The largest absolute Gasteiger partial charge is 0.523 e. The van der Waals surface area contributed by atoms with Crippen molar-refractivity contribution in [2.45, 2.75) is 49.6 Å². The summed E-state index contributed by atoms with van der Waals surface area (Å²) < 4.78 is 77.5. The minimum absolute atomic E-state index is 0.0965. The summed E-state index contributed by atoms with van der Waals surface area (Å²) in [5.41, 5.74) is -5.72. The molecule has 2 saturated heterocycles. The van der Waals surface area contributed by atoms with E-state index in [-0.39, 0.29) is 6.61 Å². The molecule has 8 nitrogen and oxygen atoms in total. The molecule has 0 spiro atoms. The molecule has 12 heteroatoms. The second-order valence-corrected chi connectivity index (χ2v) is 6.74. The van der Waals surface area contributed by atoms with Crippen LogP contribution in [0.5, 0.6) is 0 Å². The Morgan fingerprint density at radius 1 is 1.36 bits per heavy atom. The van der Waals surface area contributed by atoms with E-state index < -0.39 is 51.8 Å². The minimum Gasteiger partial charge on any atom is -0.455 e. The molecule has 0 bridgehead atoms. The molecule has 1 N–H and O–H groups in total. The highest BCUT2D eigenvalue weighted by atomic mass is 32.2. The Hall–Kier alpha value is -0.950. The van der Waals surface area contributed by atoms with Crippen molar-refractivity contribution in [2.75, 3.05) is 6.61 Å². The first kappa shape index (κ1) is 17.4. The molecule has 22 heavy (non-hydrogen) atoms. The molecule has 2 aliphatic heterocycles. The number of cyclic esters (lactones) is 1. The number of halogens is 3. The van der Waals surface area contributed by atoms with Crippen molar-refractivity contribution in [3.8, 4) is 0 Å². The number of rotatable bonds is 3. The summed E-state index contributed by atoms with van der Waals surface area (Å²) in [6.45, 7) is 2.98. The van der Waals surface area contributed by atoms with Crippen LogP contribution in [0.2, 0.25) is 0 Å². The van der Waals surface area contributed by atoms with E-state index in [0.29, 0.717) is 0 Å². The molecule has 0 aromatic carbocycles. The van der Waals surface area contributed by atoms with Crippen LogP contribution in [0.15, 0.2) is 0 Å². The number of aliphatic hydroxyl groups excluding tert-OH is 1. The molecule has 4 atom stereocenters. The maximum absolute atomic E-state index is 12.2. The first-order valence-electron chi connectivity index (χ1n) is 6.04. The lowest BCUT2D eigenvalue weighted by molar-refractivity contribution is -0.166. The highest BCUT2D eigenvalue weighted by molar-refractivity contribution is 7.87. The number of aliphatic hydroxyl groups is 1. The Kier molecular flexibility index (Phi) is 4.19. The van der Waals surface area contributed by atoms with Gasteiger partial charge in [0.05, 0.1) is 6.61 Å². The quantitative estimate of drug-likeness (QED) is 0.418. The Morgan fingerprint density at radius 3 is 2.41 bits per heavy atom. The average molecular weight is 350 g/mol. The third-order valence-corrected chi connectivity index (χ3v) is 4.07. The normalized spacial score (nSPS) is 35.6. The van der Waals surface area contributed by atoms with Gasteiger partial charge >= 0.3 is 21.6 Å². The molecule has 0 aromatic rings. The number of carbonyl (C=O) groups is 1. The van der Waals surface area contributed by atoms with Gasteiger partial charge in [0.2, 0.25) is 6.10 Å². The predicted octanol–water partition coefficient (Wildman–Crippen LogP) is -0.341. The van der Waals surface area contributed by atoms with Crippen LogP contribution in [-0.4, -0.2) is 61.8 Å². The van der Waals surface area contributed by atoms with E-state index in [4.69, 9.17) is 9.47 Å². The molecule has 0 amide bonds. The van der Waals surface area contributed by atoms with Crippen molar-refractivity contribution in [2.24, 2.45) is 0 Å². The molecule has 0 unspecified atom stereocenters. The van der Waals surface area contributed by atoms with Crippen LogP contribution in [0.3, 0.4) is 0 Å². The summed E-state index contributed by atoms with van der Waals surface area (Å²) in [6.07, 6.45) is -6.63. The van der Waals surface area contributed by atoms with E-state index in [1.807, 2.05) is 0 Å². The Bertz CT molecular complexity index is 557. The molecule has 0 radical (unpaired) electrons. The van der Waals surface area contributed by atoms with Gasteiger partial charge in [0, 0.05) is 0 Å². The van der Waals surface area contributed by atoms with Crippen LogP contribution in [0.25, 0.3) is 0 Å². The van der Waals surface area contributed by atoms with Gasteiger partial charge in [-0.3, -0.25) is 0 Å². The average Bonchev–Trinajstić information content (AvgIpc) is 2.82. The topological polar surface area (TPSA) is 108 Å². The third-order valence-electron chi connectivity index (χ3n) is 3.04. The summed E-state index contributed by atoms with van der Waals surface area (Å²) in [4.78, 5) is 11.5. The fourth-order valence-electron chi connectivity index (χ4n) is 2.04. The highest BCUT2D eigenvalue weighted by Gasteiger charge is 2.57. The van der Waals surface area contributed by atoms with Gasteiger partial charge in [0.15, 0.2) is 11.9 Å². The molecular formula is C10H13F3O8S. The first-order valence-corrected chi connectivity index (χ1v) is 7.45. The van der Waals surface area contributed by atoms with Gasteiger partial charge in [-0.25, -0.2) is 8.98 Å². The fraction of sp³-hybridized carbons (Fsp3) is 0.900. The van der Waals surface area contributed by atoms with Crippen molar-refractivity contribution < 1.29 is 49.9 Å². The van der Waals surface area contributed by atoms with Crippen LogP contribution in [-0.2, 0) is 33.3 Å². The number of esters is 1. The van der Waals surface area contributed by atoms with Gasteiger partial charge in [-0.2, -0.15) is 21.6 Å². The van der Waals surface area contributed by atoms with Crippen LogP contribution in [0, 0.1) is 0 Å². The van der Waals surface area contributed by atoms with E-state index in [1.165, 1.54) is 13.8 Å². The molecule has 128 valence electrons. The number of carbonyl (C=O) groups excluding carboxylic acids is 1. The van der Waals surface area contributed by atoms with E-state index in [1.54, 1.807) is 0 Å². The molecule has 2 heterocycles. The zero-order valence-corrected chi connectivity index (χ0v) is 12.2. The van der Waals surface area contributed by atoms with Gasteiger partial charge in [0.1, 0.15) is 12.2 Å². The minimum atomic E-state index is -6.05. The summed E-state index contributed by atoms with van der Waals surface area (Å²) >= 11 is 0. The van der Waals surface area contributed by atoms with Crippen molar-refractivity contribution >= 4 is 16.1 Å². The molecular weight excluding hydrogens is 337 g/mol. The molecule has 2 aliphatic rings. The second-order valence-electron chi connectivity index (χ2n) is 5.18. The summed E-state index contributed by atoms with van der Waals surface area (Å²) in [7, 11) is -6.05. The lowest BCUT2D eigenvalue weighted by Gasteiger charge is -2.22. The van der Waals surface area contributed by atoms with Crippen LogP contribution in [0.1, 0.15) is 13.8 Å². The van der Waals surface area contributed by atoms with Crippen LogP contribution < -0.4 is 0 Å². The lowest BCUT2D eigenvalue weighted by atomic mass is 10.1. The maximum Gasteiger partial charge on any atom is 0.523 e. The van der Waals surface area contributed by atoms with Gasteiger partial charge in [-0.1, -0.05) is 0 Å². The number of ether oxygens (including phenoxy) is 3. The summed E-state index contributed by atoms with van der Waals surface area (Å²) in [5, 5.41) is 9.84. The van der Waals surface area contributed by atoms with Gasteiger partial charge in [-0.15, -0.1) is 0 Å². The first-order chi connectivity index (χ1) is 9.84. The van der Waals surface area contributed by atoms with E-state index >= 15 is 0 Å². The number of hydrogen-bond donors (Lipinski definition) is 1. The molecule has 0 saturated carbocycles. The van der Waals surface area contributed by atoms with Crippen LogP contribution >= 0.6 is 0 Å². The van der Waals surface area contributed by atoms with Crippen LogP contribution in [0.4, 0.5) is 13.2 Å². The molecule has 2 fully saturated rings. The zero-order chi connectivity index (χ0) is 16.9. The SMILES string of the molecule is CC1(C)OC[C@@H]([C@H]2OC(=O)[C@@H](OS(=O)(=O)C(F)(F)F)[C@H]2O)O1. The van der Waals surface area contributed by atoms with Crippen molar-refractivity contribution in [1.29, 1.82) is 0 Å². The zero-order valence-electron chi connectivity index (χ0n) is 11.4. The molecule has 2 rings (SSSR count). The Morgan fingerprint density at radius 2 is 1.95 bits per heavy atom.